The molecule has 3 nitrogen and oxygen atoms in total. The van der Waals surface area contributed by atoms with Gasteiger partial charge in [-0.3, -0.25) is 4.79 Å². The number of carbonyl (C=O) groups is 1. The SMILES string of the molecule is CC1CCN(CCC(=O)c2cccc(O)c2)CC1.Cl. The smallest absolute Gasteiger partial charge is 0.164 e. The highest BCUT2D eigenvalue weighted by Gasteiger charge is 2.16. The zero-order valence-corrected chi connectivity index (χ0v) is 12.2. The van der Waals surface area contributed by atoms with Gasteiger partial charge in [0.25, 0.3) is 0 Å². The van der Waals surface area contributed by atoms with Crippen LogP contribution < -0.4 is 0 Å². The summed E-state index contributed by atoms with van der Waals surface area (Å²) >= 11 is 0. The predicted octanol–water partition coefficient (Wildman–Crippen LogP) is 3.12. The minimum atomic E-state index is 0. The van der Waals surface area contributed by atoms with Crippen molar-refractivity contribution < 1.29 is 9.90 Å². The molecule has 0 spiro atoms. The summed E-state index contributed by atoms with van der Waals surface area (Å²) < 4.78 is 0. The third-order valence-electron chi connectivity index (χ3n) is 3.70. The second kappa shape index (κ2) is 7.51. The fourth-order valence-corrected chi connectivity index (χ4v) is 2.37. The highest BCUT2D eigenvalue weighted by molar-refractivity contribution is 5.96. The van der Waals surface area contributed by atoms with Gasteiger partial charge in [-0.2, -0.15) is 0 Å². The molecule has 1 aliphatic heterocycles. The van der Waals surface area contributed by atoms with E-state index in [4.69, 9.17) is 0 Å². The number of piperidine rings is 1. The number of halogens is 1. The number of Topliss-reactive ketones (excluding diaryl/α,β-unsaturated/α-hetero) is 1. The van der Waals surface area contributed by atoms with Gasteiger partial charge in [-0.25, -0.2) is 0 Å². The minimum Gasteiger partial charge on any atom is -0.508 e. The summed E-state index contributed by atoms with van der Waals surface area (Å²) in [5.41, 5.74) is 0.611. The number of hydrogen-bond acceptors (Lipinski definition) is 3. The van der Waals surface area contributed by atoms with Crippen LogP contribution in [0, 0.1) is 5.92 Å². The Kier molecular flexibility index (Phi) is 6.32. The maximum absolute atomic E-state index is 12.0. The first-order chi connectivity index (χ1) is 8.65. The van der Waals surface area contributed by atoms with E-state index in [9.17, 15) is 9.90 Å². The van der Waals surface area contributed by atoms with E-state index in [-0.39, 0.29) is 23.9 Å². The van der Waals surface area contributed by atoms with Crippen molar-refractivity contribution in [3.05, 3.63) is 29.8 Å². The lowest BCUT2D eigenvalue weighted by Gasteiger charge is -2.29. The van der Waals surface area contributed by atoms with Crippen LogP contribution in [0.25, 0.3) is 0 Å². The van der Waals surface area contributed by atoms with Crippen molar-refractivity contribution in [1.82, 2.24) is 4.90 Å². The Morgan fingerprint density at radius 2 is 2.05 bits per heavy atom. The number of rotatable bonds is 4. The van der Waals surface area contributed by atoms with Gasteiger partial charge in [0.2, 0.25) is 0 Å². The molecule has 0 unspecified atom stereocenters. The normalized spacial score (nSPS) is 16.9. The van der Waals surface area contributed by atoms with Crippen LogP contribution in [0.2, 0.25) is 0 Å². The van der Waals surface area contributed by atoms with E-state index in [2.05, 4.69) is 11.8 Å². The predicted molar refractivity (Wildman–Crippen MR) is 79.1 cm³/mol. The van der Waals surface area contributed by atoms with E-state index in [1.54, 1.807) is 24.3 Å². The molecule has 0 aliphatic carbocycles. The molecule has 1 aromatic rings. The van der Waals surface area contributed by atoms with Crippen molar-refractivity contribution in [1.29, 1.82) is 0 Å². The summed E-state index contributed by atoms with van der Waals surface area (Å²) in [6.45, 7) is 5.33. The fraction of sp³-hybridized carbons (Fsp3) is 0.533. The first-order valence-corrected chi connectivity index (χ1v) is 6.70. The van der Waals surface area contributed by atoms with Crippen LogP contribution in [0.15, 0.2) is 24.3 Å². The van der Waals surface area contributed by atoms with Crippen LogP contribution in [0.3, 0.4) is 0 Å². The molecule has 1 N–H and O–H groups in total. The van der Waals surface area contributed by atoms with E-state index in [1.165, 1.54) is 12.8 Å². The van der Waals surface area contributed by atoms with E-state index in [1.807, 2.05) is 0 Å². The second-order valence-electron chi connectivity index (χ2n) is 5.25. The van der Waals surface area contributed by atoms with Gasteiger partial charge < -0.3 is 10.0 Å². The summed E-state index contributed by atoms with van der Waals surface area (Å²) in [5, 5.41) is 9.35. The van der Waals surface area contributed by atoms with Crippen LogP contribution in [0.5, 0.6) is 5.75 Å². The lowest BCUT2D eigenvalue weighted by Crippen LogP contribution is -2.34. The number of ketones is 1. The Hall–Kier alpha value is -1.06. The van der Waals surface area contributed by atoms with Crippen molar-refractivity contribution in [3.8, 4) is 5.75 Å². The molecule has 0 bridgehead atoms. The standard InChI is InChI=1S/C15H21NO2.ClH/c1-12-5-8-16(9-6-12)10-7-15(18)13-3-2-4-14(17)11-13;/h2-4,11-12,17H,5-10H2,1H3;1H. The Bertz CT molecular complexity index is 414. The Morgan fingerprint density at radius 3 is 2.68 bits per heavy atom. The summed E-state index contributed by atoms with van der Waals surface area (Å²) in [5.74, 6) is 1.10. The molecule has 106 valence electrons. The van der Waals surface area contributed by atoms with Gasteiger partial charge in [0.1, 0.15) is 5.75 Å². The summed E-state index contributed by atoms with van der Waals surface area (Å²) in [6, 6.07) is 6.61. The van der Waals surface area contributed by atoms with Gasteiger partial charge in [-0.05, 0) is 44.0 Å². The molecule has 0 radical (unpaired) electrons. The van der Waals surface area contributed by atoms with Crippen molar-refractivity contribution >= 4 is 18.2 Å². The number of benzene rings is 1. The van der Waals surface area contributed by atoms with Gasteiger partial charge in [0, 0.05) is 18.5 Å². The number of aromatic hydroxyl groups is 1. The lowest BCUT2D eigenvalue weighted by molar-refractivity contribution is 0.0952. The average Bonchev–Trinajstić information content (AvgIpc) is 2.38. The third-order valence-corrected chi connectivity index (χ3v) is 3.70. The number of nitrogens with zero attached hydrogens (tertiary/aromatic N) is 1. The number of phenols is 1. The van der Waals surface area contributed by atoms with Crippen LogP contribution in [0.4, 0.5) is 0 Å². The molecule has 0 amide bonds. The van der Waals surface area contributed by atoms with Crippen molar-refractivity contribution in [3.63, 3.8) is 0 Å². The summed E-state index contributed by atoms with van der Waals surface area (Å²) in [7, 11) is 0. The first-order valence-electron chi connectivity index (χ1n) is 6.70. The highest BCUT2D eigenvalue weighted by Crippen LogP contribution is 2.17. The quantitative estimate of drug-likeness (QED) is 0.863. The van der Waals surface area contributed by atoms with Gasteiger partial charge in [0.05, 0.1) is 0 Å². The maximum Gasteiger partial charge on any atom is 0.164 e. The molecule has 1 fully saturated rings. The van der Waals surface area contributed by atoms with Crippen molar-refractivity contribution in [2.24, 2.45) is 5.92 Å². The summed E-state index contributed by atoms with van der Waals surface area (Å²) in [4.78, 5) is 14.3. The van der Waals surface area contributed by atoms with Crippen LogP contribution in [-0.4, -0.2) is 35.4 Å². The third kappa shape index (κ3) is 4.84. The average molecular weight is 284 g/mol. The van der Waals surface area contributed by atoms with Crippen molar-refractivity contribution in [2.75, 3.05) is 19.6 Å². The van der Waals surface area contributed by atoms with E-state index in [0.717, 1.165) is 25.6 Å². The van der Waals surface area contributed by atoms with E-state index >= 15 is 0 Å². The van der Waals surface area contributed by atoms with Gasteiger partial charge in [0.15, 0.2) is 5.78 Å². The largest absolute Gasteiger partial charge is 0.508 e. The molecule has 0 atom stereocenters. The molecule has 4 heteroatoms. The first kappa shape index (κ1) is 16.0. The Labute approximate surface area is 121 Å². The van der Waals surface area contributed by atoms with Crippen molar-refractivity contribution in [2.45, 2.75) is 26.2 Å². The van der Waals surface area contributed by atoms with Crippen LogP contribution in [-0.2, 0) is 0 Å². The molecule has 1 aromatic carbocycles. The van der Waals surface area contributed by atoms with Gasteiger partial charge in [-0.15, -0.1) is 12.4 Å². The topological polar surface area (TPSA) is 40.5 Å². The Balaban J connectivity index is 0.00000180. The van der Waals surface area contributed by atoms with Gasteiger partial charge in [-0.1, -0.05) is 19.1 Å². The lowest BCUT2D eigenvalue weighted by atomic mass is 9.99. The van der Waals surface area contributed by atoms with Crippen LogP contribution in [0.1, 0.15) is 36.5 Å². The molecule has 0 saturated carbocycles. The molecule has 19 heavy (non-hydrogen) atoms. The molecule has 1 heterocycles. The molecule has 0 aromatic heterocycles. The molecular formula is C15H22ClNO2. The van der Waals surface area contributed by atoms with E-state index in [0.29, 0.717) is 12.0 Å². The molecular weight excluding hydrogens is 262 g/mol. The number of likely N-dealkylation sites (tertiary alicyclic amines) is 1. The maximum atomic E-state index is 12.0. The monoisotopic (exact) mass is 283 g/mol. The number of hydrogen-bond donors (Lipinski definition) is 1. The zero-order valence-electron chi connectivity index (χ0n) is 11.3. The fourth-order valence-electron chi connectivity index (χ4n) is 2.37. The molecule has 1 saturated heterocycles. The van der Waals surface area contributed by atoms with Crippen LogP contribution >= 0.6 is 12.4 Å². The second-order valence-corrected chi connectivity index (χ2v) is 5.25. The van der Waals surface area contributed by atoms with E-state index < -0.39 is 0 Å². The van der Waals surface area contributed by atoms with Gasteiger partial charge >= 0.3 is 0 Å². The number of phenolic OH excluding ortho intramolecular Hbond substituents is 1. The minimum absolute atomic E-state index is 0. The Morgan fingerprint density at radius 1 is 1.37 bits per heavy atom. The zero-order chi connectivity index (χ0) is 13.0. The highest BCUT2D eigenvalue weighted by atomic mass is 35.5. The summed E-state index contributed by atoms with van der Waals surface area (Å²) in [6.07, 6.45) is 3.01. The molecule has 2 rings (SSSR count). The number of carbonyl (C=O) groups excluding carboxylic acids is 1. The molecule has 1 aliphatic rings.